The molecule has 17 heavy (non-hydrogen) atoms. The number of phenols is 1. The van der Waals surface area contributed by atoms with Crippen molar-refractivity contribution in [2.45, 2.75) is 0 Å². The Kier molecular flexibility index (Phi) is 1.95. The molecule has 0 aromatic heterocycles. The lowest BCUT2D eigenvalue weighted by atomic mass is 10.0. The van der Waals surface area contributed by atoms with Crippen LogP contribution in [0.4, 0.5) is 0 Å². The summed E-state index contributed by atoms with van der Waals surface area (Å²) in [6.07, 6.45) is 0. The highest BCUT2D eigenvalue weighted by molar-refractivity contribution is 6.22. The molecule has 0 spiro atoms. The van der Waals surface area contributed by atoms with Gasteiger partial charge in [-0.2, -0.15) is 0 Å². The van der Waals surface area contributed by atoms with Crippen LogP contribution in [-0.4, -0.2) is 18.0 Å². The van der Waals surface area contributed by atoms with Gasteiger partial charge in [-0.15, -0.1) is 0 Å². The van der Waals surface area contributed by atoms with E-state index in [2.05, 4.69) is 0 Å². The van der Waals surface area contributed by atoms with Crippen LogP contribution in [0.3, 0.4) is 0 Å². The van der Waals surface area contributed by atoms with Crippen molar-refractivity contribution in [2.75, 3.05) is 7.11 Å². The number of benzene rings is 2. The molecule has 2 aromatic carbocycles. The summed E-state index contributed by atoms with van der Waals surface area (Å²) in [4.78, 5) is 12.1. The van der Waals surface area contributed by atoms with E-state index in [-0.39, 0.29) is 11.5 Å². The van der Waals surface area contributed by atoms with Gasteiger partial charge in [-0.1, -0.05) is 24.3 Å². The quantitative estimate of drug-likeness (QED) is 0.693. The molecule has 0 amide bonds. The predicted octanol–water partition coefficient (Wildman–Crippen LogP) is 2.61. The number of hydrogen-bond donors (Lipinski definition) is 1. The summed E-state index contributed by atoms with van der Waals surface area (Å²) in [6.45, 7) is 0. The Labute approximate surface area is 98.3 Å². The summed E-state index contributed by atoms with van der Waals surface area (Å²) in [5.41, 5.74) is 2.75. The Hall–Kier alpha value is -2.29. The first kappa shape index (κ1) is 9.90. The summed E-state index contributed by atoms with van der Waals surface area (Å²) in [5, 5.41) is 9.75. The molecule has 3 heteroatoms. The standard InChI is InChI=1S/C14H10O3/c1-17-14-11(15)7-6-10-12(14)8-4-2-3-5-9(8)13(10)16/h2-7,15H,1H3. The zero-order valence-electron chi connectivity index (χ0n) is 9.23. The molecule has 0 saturated heterocycles. The third-order valence-corrected chi connectivity index (χ3v) is 3.03. The Morgan fingerprint density at radius 1 is 1.00 bits per heavy atom. The molecule has 3 nitrogen and oxygen atoms in total. The van der Waals surface area contributed by atoms with Gasteiger partial charge in [0, 0.05) is 16.7 Å². The van der Waals surface area contributed by atoms with E-state index in [0.717, 1.165) is 5.56 Å². The fourth-order valence-electron chi connectivity index (χ4n) is 2.28. The summed E-state index contributed by atoms with van der Waals surface area (Å²) in [7, 11) is 1.49. The third kappa shape index (κ3) is 1.19. The zero-order chi connectivity index (χ0) is 12.0. The topological polar surface area (TPSA) is 46.5 Å². The number of ketones is 1. The van der Waals surface area contributed by atoms with Crippen molar-refractivity contribution in [3.8, 4) is 22.6 Å². The molecule has 2 aromatic rings. The van der Waals surface area contributed by atoms with Crippen LogP contribution in [0, 0.1) is 0 Å². The minimum absolute atomic E-state index is 0.0195. The predicted molar refractivity (Wildman–Crippen MR) is 63.5 cm³/mol. The van der Waals surface area contributed by atoms with Crippen LogP contribution in [-0.2, 0) is 0 Å². The lowest BCUT2D eigenvalue weighted by molar-refractivity contribution is 0.104. The highest BCUT2D eigenvalue weighted by Gasteiger charge is 2.30. The van der Waals surface area contributed by atoms with Crippen LogP contribution in [0.5, 0.6) is 11.5 Å². The molecule has 0 bridgehead atoms. The average Bonchev–Trinajstić information content (AvgIpc) is 2.64. The van der Waals surface area contributed by atoms with Crippen molar-refractivity contribution in [1.29, 1.82) is 0 Å². The molecule has 0 radical (unpaired) electrons. The molecule has 0 atom stereocenters. The van der Waals surface area contributed by atoms with Gasteiger partial charge in [0.05, 0.1) is 7.11 Å². The first-order chi connectivity index (χ1) is 8.24. The Balaban J connectivity index is 2.42. The van der Waals surface area contributed by atoms with E-state index in [1.807, 2.05) is 18.2 Å². The molecule has 3 rings (SSSR count). The molecule has 0 aliphatic heterocycles. The largest absolute Gasteiger partial charge is 0.504 e. The summed E-state index contributed by atoms with van der Waals surface area (Å²) >= 11 is 0. The van der Waals surface area contributed by atoms with Crippen molar-refractivity contribution >= 4 is 5.78 Å². The van der Waals surface area contributed by atoms with E-state index in [1.165, 1.54) is 13.2 Å². The maximum atomic E-state index is 12.1. The van der Waals surface area contributed by atoms with Gasteiger partial charge in [0.2, 0.25) is 0 Å². The normalized spacial score (nSPS) is 12.2. The Morgan fingerprint density at radius 3 is 2.41 bits per heavy atom. The van der Waals surface area contributed by atoms with E-state index in [1.54, 1.807) is 12.1 Å². The van der Waals surface area contributed by atoms with Crippen molar-refractivity contribution in [1.82, 2.24) is 0 Å². The van der Waals surface area contributed by atoms with Crippen LogP contribution >= 0.6 is 0 Å². The van der Waals surface area contributed by atoms with E-state index >= 15 is 0 Å². The number of phenolic OH excluding ortho intramolecular Hbond substituents is 1. The van der Waals surface area contributed by atoms with Gasteiger partial charge in [0.1, 0.15) is 0 Å². The van der Waals surface area contributed by atoms with Crippen molar-refractivity contribution in [3.05, 3.63) is 47.5 Å². The van der Waals surface area contributed by atoms with E-state index in [0.29, 0.717) is 22.4 Å². The average molecular weight is 226 g/mol. The summed E-state index contributed by atoms with van der Waals surface area (Å²) in [5.74, 6) is 0.394. The van der Waals surface area contributed by atoms with Crippen molar-refractivity contribution in [2.24, 2.45) is 0 Å². The molecular formula is C14H10O3. The maximum absolute atomic E-state index is 12.1. The lowest BCUT2D eigenvalue weighted by Gasteiger charge is -2.09. The monoisotopic (exact) mass is 226 g/mol. The van der Waals surface area contributed by atoms with E-state index in [4.69, 9.17) is 4.74 Å². The fraction of sp³-hybridized carbons (Fsp3) is 0.0714. The van der Waals surface area contributed by atoms with Gasteiger partial charge in [-0.3, -0.25) is 4.79 Å². The number of rotatable bonds is 1. The lowest BCUT2D eigenvalue weighted by Crippen LogP contribution is -1.95. The molecular weight excluding hydrogens is 216 g/mol. The fourth-order valence-corrected chi connectivity index (χ4v) is 2.28. The van der Waals surface area contributed by atoms with Gasteiger partial charge >= 0.3 is 0 Å². The first-order valence-electron chi connectivity index (χ1n) is 5.28. The zero-order valence-corrected chi connectivity index (χ0v) is 9.23. The molecule has 1 aliphatic rings. The molecule has 0 heterocycles. The molecule has 1 N–H and O–H groups in total. The Morgan fingerprint density at radius 2 is 1.71 bits per heavy atom. The summed E-state index contributed by atoms with van der Waals surface area (Å²) in [6, 6.07) is 10.5. The smallest absolute Gasteiger partial charge is 0.194 e. The maximum Gasteiger partial charge on any atom is 0.194 e. The van der Waals surface area contributed by atoms with E-state index in [9.17, 15) is 9.90 Å². The second kappa shape index (κ2) is 3.35. The van der Waals surface area contributed by atoms with Crippen LogP contribution < -0.4 is 4.74 Å². The third-order valence-electron chi connectivity index (χ3n) is 3.03. The number of fused-ring (bicyclic) bond motifs is 3. The minimum atomic E-state index is -0.0195. The van der Waals surface area contributed by atoms with Crippen molar-refractivity contribution < 1.29 is 14.6 Å². The molecule has 0 unspecified atom stereocenters. The highest BCUT2D eigenvalue weighted by Crippen LogP contribution is 2.46. The number of carbonyl (C=O) groups excluding carboxylic acids is 1. The van der Waals surface area contributed by atoms with Crippen LogP contribution in [0.15, 0.2) is 36.4 Å². The molecule has 1 aliphatic carbocycles. The van der Waals surface area contributed by atoms with Gasteiger partial charge in [0.25, 0.3) is 0 Å². The number of aromatic hydroxyl groups is 1. The van der Waals surface area contributed by atoms with Gasteiger partial charge in [-0.25, -0.2) is 0 Å². The minimum Gasteiger partial charge on any atom is -0.504 e. The number of ether oxygens (including phenoxy) is 1. The summed E-state index contributed by atoms with van der Waals surface area (Å²) < 4.78 is 5.19. The van der Waals surface area contributed by atoms with Crippen LogP contribution in [0.2, 0.25) is 0 Å². The van der Waals surface area contributed by atoms with Crippen LogP contribution in [0.1, 0.15) is 15.9 Å². The van der Waals surface area contributed by atoms with E-state index < -0.39 is 0 Å². The van der Waals surface area contributed by atoms with Crippen LogP contribution in [0.25, 0.3) is 11.1 Å². The first-order valence-corrected chi connectivity index (χ1v) is 5.28. The second-order valence-corrected chi connectivity index (χ2v) is 3.92. The Bertz CT molecular complexity index is 629. The molecule has 0 saturated carbocycles. The van der Waals surface area contributed by atoms with Gasteiger partial charge in [-0.05, 0) is 17.7 Å². The number of carbonyl (C=O) groups is 1. The molecule has 0 fully saturated rings. The second-order valence-electron chi connectivity index (χ2n) is 3.92. The number of methoxy groups -OCH3 is 1. The van der Waals surface area contributed by atoms with Gasteiger partial charge in [0.15, 0.2) is 17.3 Å². The van der Waals surface area contributed by atoms with Gasteiger partial charge < -0.3 is 9.84 Å². The van der Waals surface area contributed by atoms with Crippen molar-refractivity contribution in [3.63, 3.8) is 0 Å². The molecule has 84 valence electrons. The highest BCUT2D eigenvalue weighted by atomic mass is 16.5. The SMILES string of the molecule is COc1c(O)ccc2c1-c1ccccc1C2=O. The number of hydrogen-bond acceptors (Lipinski definition) is 3.